The third-order valence-electron chi connectivity index (χ3n) is 6.18. The number of hydrogen-bond acceptors (Lipinski definition) is 2. The van der Waals surface area contributed by atoms with Gasteiger partial charge in [-0.2, -0.15) is 0 Å². The predicted molar refractivity (Wildman–Crippen MR) is 81.6 cm³/mol. The van der Waals surface area contributed by atoms with E-state index < -0.39 is 0 Å². The van der Waals surface area contributed by atoms with E-state index in [1.807, 2.05) is 0 Å². The molecule has 0 aromatic carbocycles. The van der Waals surface area contributed by atoms with Gasteiger partial charge in [0.25, 0.3) is 0 Å². The SMILES string of the molecule is Cc1nc(C23CC4CC(CC(C4)C2)C3)c(N)n1C(C)C. The highest BCUT2D eigenvalue weighted by Crippen LogP contribution is 2.61. The molecule has 4 saturated carbocycles. The predicted octanol–water partition coefficient (Wildman–Crippen LogP) is 3.82. The summed E-state index contributed by atoms with van der Waals surface area (Å²) in [6, 6.07) is 0.408. The van der Waals surface area contributed by atoms with Crippen molar-refractivity contribution in [2.24, 2.45) is 17.8 Å². The maximum Gasteiger partial charge on any atom is 0.127 e. The molecule has 1 aromatic rings. The molecule has 0 spiro atoms. The zero-order chi connectivity index (χ0) is 14.1. The van der Waals surface area contributed by atoms with Crippen LogP contribution in [-0.4, -0.2) is 9.55 Å². The van der Waals surface area contributed by atoms with E-state index in [0.717, 1.165) is 29.4 Å². The van der Waals surface area contributed by atoms with Gasteiger partial charge in [0.1, 0.15) is 11.6 Å². The van der Waals surface area contributed by atoms with Crippen molar-refractivity contribution in [1.82, 2.24) is 9.55 Å². The Kier molecular flexibility index (Phi) is 2.56. The monoisotopic (exact) mass is 273 g/mol. The molecule has 4 aliphatic rings. The highest BCUT2D eigenvalue weighted by Gasteiger charge is 2.53. The summed E-state index contributed by atoms with van der Waals surface area (Å²) in [6.07, 6.45) is 8.46. The number of nitrogens with two attached hydrogens (primary N) is 1. The molecule has 4 fully saturated rings. The maximum atomic E-state index is 6.53. The van der Waals surface area contributed by atoms with Crippen molar-refractivity contribution in [1.29, 1.82) is 0 Å². The van der Waals surface area contributed by atoms with Crippen LogP contribution in [0.1, 0.15) is 69.9 Å². The molecular formula is C17H27N3. The van der Waals surface area contributed by atoms with Crippen molar-refractivity contribution in [2.75, 3.05) is 5.73 Å². The van der Waals surface area contributed by atoms with E-state index in [1.165, 1.54) is 44.2 Å². The van der Waals surface area contributed by atoms with Gasteiger partial charge in [-0.3, -0.25) is 0 Å². The molecule has 0 unspecified atom stereocenters. The molecule has 2 N–H and O–H groups in total. The molecule has 4 bridgehead atoms. The molecule has 1 aromatic heterocycles. The standard InChI is InChI=1S/C17H27N3/c1-10(2)20-11(3)19-15(16(20)18)17-7-12-4-13(8-17)6-14(5-12)9-17/h10,12-14H,4-9,18H2,1-3H3. The Labute approximate surface area is 122 Å². The zero-order valence-electron chi connectivity index (χ0n) is 13.0. The Balaban J connectivity index is 1.79. The summed E-state index contributed by atoms with van der Waals surface area (Å²) in [4.78, 5) is 4.96. The Morgan fingerprint density at radius 3 is 2.00 bits per heavy atom. The second-order valence-corrected chi connectivity index (χ2v) is 8.05. The first kappa shape index (κ1) is 12.7. The highest BCUT2D eigenvalue weighted by atomic mass is 15.2. The Morgan fingerprint density at radius 2 is 1.60 bits per heavy atom. The Morgan fingerprint density at radius 1 is 1.10 bits per heavy atom. The fraction of sp³-hybridized carbons (Fsp3) is 0.824. The molecule has 20 heavy (non-hydrogen) atoms. The number of rotatable bonds is 2. The van der Waals surface area contributed by atoms with Gasteiger partial charge in [-0.25, -0.2) is 4.98 Å². The van der Waals surface area contributed by atoms with Crippen LogP contribution in [0.15, 0.2) is 0 Å². The minimum absolute atomic E-state index is 0.323. The zero-order valence-corrected chi connectivity index (χ0v) is 13.0. The Hall–Kier alpha value is -0.990. The number of nitrogen functional groups attached to an aromatic ring is 1. The minimum Gasteiger partial charge on any atom is -0.384 e. The second kappa shape index (κ2) is 4.02. The fourth-order valence-corrected chi connectivity index (χ4v) is 6.00. The van der Waals surface area contributed by atoms with Crippen molar-refractivity contribution in [3.63, 3.8) is 0 Å². The smallest absolute Gasteiger partial charge is 0.127 e. The molecule has 1 heterocycles. The van der Waals surface area contributed by atoms with Gasteiger partial charge in [-0.05, 0) is 77.0 Å². The number of aromatic nitrogens is 2. The van der Waals surface area contributed by atoms with Gasteiger partial charge in [0.15, 0.2) is 0 Å². The lowest BCUT2D eigenvalue weighted by Crippen LogP contribution is -2.49. The van der Waals surface area contributed by atoms with Crippen molar-refractivity contribution in [3.05, 3.63) is 11.5 Å². The van der Waals surface area contributed by atoms with E-state index in [9.17, 15) is 0 Å². The van der Waals surface area contributed by atoms with Crippen LogP contribution in [0.5, 0.6) is 0 Å². The van der Waals surface area contributed by atoms with Crippen LogP contribution in [0.25, 0.3) is 0 Å². The maximum absolute atomic E-state index is 6.53. The first-order valence-corrected chi connectivity index (χ1v) is 8.33. The highest BCUT2D eigenvalue weighted by molar-refractivity contribution is 5.45. The summed E-state index contributed by atoms with van der Waals surface area (Å²) in [7, 11) is 0. The summed E-state index contributed by atoms with van der Waals surface area (Å²) in [5.74, 6) is 4.91. The third-order valence-corrected chi connectivity index (χ3v) is 6.18. The number of imidazole rings is 1. The lowest BCUT2D eigenvalue weighted by Gasteiger charge is -2.56. The van der Waals surface area contributed by atoms with E-state index in [0.29, 0.717) is 11.5 Å². The topological polar surface area (TPSA) is 43.8 Å². The van der Waals surface area contributed by atoms with E-state index in [-0.39, 0.29) is 0 Å². The van der Waals surface area contributed by atoms with Gasteiger partial charge in [0.05, 0.1) is 5.69 Å². The first-order valence-electron chi connectivity index (χ1n) is 8.33. The van der Waals surface area contributed by atoms with Crippen LogP contribution in [0.3, 0.4) is 0 Å². The van der Waals surface area contributed by atoms with Gasteiger partial charge >= 0.3 is 0 Å². The quantitative estimate of drug-likeness (QED) is 0.890. The molecule has 0 radical (unpaired) electrons. The van der Waals surface area contributed by atoms with Gasteiger partial charge < -0.3 is 10.3 Å². The lowest BCUT2D eigenvalue weighted by molar-refractivity contribution is -0.00671. The van der Waals surface area contributed by atoms with Crippen molar-refractivity contribution in [2.45, 2.75) is 70.8 Å². The molecule has 0 aliphatic heterocycles. The molecule has 3 heteroatoms. The van der Waals surface area contributed by atoms with Crippen LogP contribution in [0, 0.1) is 24.7 Å². The summed E-state index contributed by atoms with van der Waals surface area (Å²) >= 11 is 0. The fourth-order valence-electron chi connectivity index (χ4n) is 6.00. The third kappa shape index (κ3) is 1.61. The van der Waals surface area contributed by atoms with Crippen molar-refractivity contribution < 1.29 is 0 Å². The molecule has 3 nitrogen and oxygen atoms in total. The second-order valence-electron chi connectivity index (χ2n) is 8.05. The van der Waals surface area contributed by atoms with Crippen LogP contribution in [0.2, 0.25) is 0 Å². The Bertz CT molecular complexity index is 505. The van der Waals surface area contributed by atoms with Crippen molar-refractivity contribution >= 4 is 5.82 Å². The van der Waals surface area contributed by atoms with Crippen LogP contribution in [0.4, 0.5) is 5.82 Å². The molecule has 110 valence electrons. The van der Waals surface area contributed by atoms with Crippen LogP contribution in [-0.2, 0) is 5.41 Å². The molecular weight excluding hydrogens is 246 g/mol. The first-order chi connectivity index (χ1) is 9.48. The van der Waals surface area contributed by atoms with E-state index >= 15 is 0 Å². The van der Waals surface area contributed by atoms with Crippen molar-refractivity contribution in [3.8, 4) is 0 Å². The molecule has 0 saturated heterocycles. The molecule has 5 rings (SSSR count). The lowest BCUT2D eigenvalue weighted by atomic mass is 9.49. The summed E-state index contributed by atoms with van der Waals surface area (Å²) in [5.41, 5.74) is 8.10. The largest absolute Gasteiger partial charge is 0.384 e. The van der Waals surface area contributed by atoms with E-state index in [2.05, 4.69) is 25.3 Å². The van der Waals surface area contributed by atoms with Gasteiger partial charge in [-0.15, -0.1) is 0 Å². The van der Waals surface area contributed by atoms with Gasteiger partial charge in [0, 0.05) is 11.5 Å². The van der Waals surface area contributed by atoms with Gasteiger partial charge in [0.2, 0.25) is 0 Å². The summed E-state index contributed by atoms with van der Waals surface area (Å²) in [5, 5.41) is 0. The average Bonchev–Trinajstić information content (AvgIpc) is 2.63. The molecule has 4 aliphatic carbocycles. The average molecular weight is 273 g/mol. The summed E-state index contributed by atoms with van der Waals surface area (Å²) < 4.78 is 2.23. The summed E-state index contributed by atoms with van der Waals surface area (Å²) in [6.45, 7) is 6.52. The normalized spacial score (nSPS) is 38.9. The number of nitrogens with zero attached hydrogens (tertiary/aromatic N) is 2. The van der Waals surface area contributed by atoms with E-state index in [1.54, 1.807) is 0 Å². The number of aryl methyl sites for hydroxylation is 1. The number of hydrogen-bond donors (Lipinski definition) is 1. The van der Waals surface area contributed by atoms with E-state index in [4.69, 9.17) is 10.7 Å². The minimum atomic E-state index is 0.323. The van der Waals surface area contributed by atoms with Gasteiger partial charge in [-0.1, -0.05) is 0 Å². The molecule has 0 atom stereocenters. The van der Waals surface area contributed by atoms with Crippen LogP contribution >= 0.6 is 0 Å². The van der Waals surface area contributed by atoms with Crippen LogP contribution < -0.4 is 5.73 Å². The number of anilines is 1. The molecule has 0 amide bonds.